The van der Waals surface area contributed by atoms with Gasteiger partial charge in [-0.3, -0.25) is 4.90 Å². The van der Waals surface area contributed by atoms with E-state index >= 15 is 0 Å². The monoisotopic (exact) mass is 397 g/mol. The van der Waals surface area contributed by atoms with Crippen molar-refractivity contribution in [2.75, 3.05) is 33.5 Å². The van der Waals surface area contributed by atoms with Crippen LogP contribution in [-0.2, 0) is 19.3 Å². The van der Waals surface area contributed by atoms with Crippen LogP contribution in [0.4, 0.5) is 0 Å². The number of aryl methyl sites for hydroxylation is 1. The zero-order valence-corrected chi connectivity index (χ0v) is 16.6. The predicted molar refractivity (Wildman–Crippen MR) is 98.3 cm³/mol. The van der Waals surface area contributed by atoms with Crippen LogP contribution in [0, 0.1) is 6.92 Å². The van der Waals surface area contributed by atoms with Crippen molar-refractivity contribution in [1.82, 2.24) is 9.88 Å². The molecule has 0 radical (unpaired) electrons. The molecule has 9 heteroatoms. The van der Waals surface area contributed by atoms with Gasteiger partial charge in [0.2, 0.25) is 15.7 Å². The number of aromatic nitrogens is 1. The van der Waals surface area contributed by atoms with Crippen LogP contribution in [-0.4, -0.2) is 74.8 Å². The summed E-state index contributed by atoms with van der Waals surface area (Å²) in [7, 11) is -2.33. The van der Waals surface area contributed by atoms with Gasteiger partial charge in [-0.15, -0.1) is 0 Å². The lowest BCUT2D eigenvalue weighted by atomic mass is 9.86. The molecule has 3 fully saturated rings. The molecule has 0 amide bonds. The molecule has 3 aliphatic rings. The number of hydrogen-bond donors (Lipinski definition) is 1. The fourth-order valence-electron chi connectivity index (χ4n) is 4.58. The van der Waals surface area contributed by atoms with E-state index in [-0.39, 0.29) is 22.9 Å². The molecule has 0 saturated carbocycles. The molecule has 8 nitrogen and oxygen atoms in total. The summed E-state index contributed by atoms with van der Waals surface area (Å²) in [6.07, 6.45) is 3.78. The van der Waals surface area contributed by atoms with Crippen LogP contribution >= 0.6 is 0 Å². The second-order valence-electron chi connectivity index (χ2n) is 7.77. The molecule has 1 spiro atoms. The Hall–Kier alpha value is -1.26. The number of likely N-dealkylation sites (tertiary alicyclic amines) is 1. The Morgan fingerprint density at radius 3 is 2.74 bits per heavy atom. The lowest BCUT2D eigenvalue weighted by molar-refractivity contribution is -0.155. The first kappa shape index (κ1) is 19.1. The molecule has 3 unspecified atom stereocenters. The van der Waals surface area contributed by atoms with Gasteiger partial charge in [-0.1, -0.05) is 0 Å². The summed E-state index contributed by atoms with van der Waals surface area (Å²) >= 11 is 0. The smallest absolute Gasteiger partial charge is 0.232 e. The van der Waals surface area contributed by atoms with Crippen molar-refractivity contribution in [1.29, 1.82) is 0 Å². The van der Waals surface area contributed by atoms with Crippen LogP contribution in [0.3, 0.4) is 0 Å². The fraction of sp³-hybridized carbons (Fsp3) is 0.722. The third kappa shape index (κ3) is 3.15. The van der Waals surface area contributed by atoms with E-state index in [2.05, 4.69) is 9.88 Å². The number of methoxy groups -OCH3 is 1. The highest BCUT2D eigenvalue weighted by molar-refractivity contribution is 7.92. The largest absolute Gasteiger partial charge is 0.480 e. The van der Waals surface area contributed by atoms with Crippen molar-refractivity contribution in [3.8, 4) is 5.88 Å². The molecule has 3 saturated heterocycles. The van der Waals surface area contributed by atoms with Gasteiger partial charge < -0.3 is 19.9 Å². The summed E-state index contributed by atoms with van der Waals surface area (Å²) in [6, 6.07) is 1.65. The highest BCUT2D eigenvalue weighted by Gasteiger charge is 2.64. The lowest BCUT2D eigenvalue weighted by Gasteiger charge is -2.57. The average molecular weight is 397 g/mol. The molecule has 4 rings (SSSR count). The maximum Gasteiger partial charge on any atom is 0.232 e. The maximum atomic E-state index is 13.8. The van der Waals surface area contributed by atoms with Crippen LogP contribution in [0.5, 0.6) is 5.88 Å². The third-order valence-electron chi connectivity index (χ3n) is 5.80. The molecular formula is C18H27N3O5S. The molecule has 1 aromatic heterocycles. The predicted octanol–water partition coefficient (Wildman–Crippen LogP) is 0.479. The number of ether oxygens (including phenoxy) is 3. The summed E-state index contributed by atoms with van der Waals surface area (Å²) in [5, 5.41) is -0.779. The number of pyridine rings is 1. The topological polar surface area (TPSA) is 104 Å². The zero-order valence-electron chi connectivity index (χ0n) is 15.8. The summed E-state index contributed by atoms with van der Waals surface area (Å²) in [6.45, 7) is 4.08. The molecule has 0 aliphatic carbocycles. The standard InChI is InChI=1S/C18H27N3O5S/c1-12-7-15(16(24-2)20-9-12)27(22,23)17-18(8-13(19)10-26-18)11-21(17)14-3-5-25-6-4-14/h7,9,13-14,17H,3-6,8,10-11,19H2,1-2H3. The minimum absolute atomic E-state index is 0.121. The summed E-state index contributed by atoms with van der Waals surface area (Å²) in [4.78, 5) is 6.34. The van der Waals surface area contributed by atoms with Crippen LogP contribution in [0.2, 0.25) is 0 Å². The van der Waals surface area contributed by atoms with E-state index in [9.17, 15) is 8.42 Å². The number of nitrogens with two attached hydrogens (primary N) is 1. The van der Waals surface area contributed by atoms with Gasteiger partial charge in [0.1, 0.15) is 15.9 Å². The number of nitrogens with zero attached hydrogens (tertiary/aromatic N) is 2. The Labute approximate surface area is 159 Å². The third-order valence-corrected chi connectivity index (χ3v) is 8.00. The number of rotatable bonds is 4. The van der Waals surface area contributed by atoms with Gasteiger partial charge in [0.05, 0.1) is 13.7 Å². The van der Waals surface area contributed by atoms with E-state index in [4.69, 9.17) is 19.9 Å². The Bertz CT molecular complexity index is 811. The van der Waals surface area contributed by atoms with Crippen LogP contribution in [0.25, 0.3) is 0 Å². The number of hydrogen-bond acceptors (Lipinski definition) is 8. The maximum absolute atomic E-state index is 13.8. The Balaban J connectivity index is 1.74. The second-order valence-corrected chi connectivity index (χ2v) is 9.75. The normalized spacial score (nSPS) is 32.6. The molecular weight excluding hydrogens is 370 g/mol. The molecule has 0 bridgehead atoms. The van der Waals surface area contributed by atoms with Crippen molar-refractivity contribution in [2.45, 2.75) is 54.1 Å². The quantitative estimate of drug-likeness (QED) is 0.782. The zero-order chi connectivity index (χ0) is 19.2. The molecule has 3 aliphatic heterocycles. The summed E-state index contributed by atoms with van der Waals surface area (Å²) < 4.78 is 44.2. The van der Waals surface area contributed by atoms with Crippen molar-refractivity contribution in [2.24, 2.45) is 5.73 Å². The molecule has 1 aromatic rings. The highest BCUT2D eigenvalue weighted by Crippen LogP contribution is 2.48. The second kappa shape index (κ2) is 6.97. The minimum Gasteiger partial charge on any atom is -0.480 e. The van der Waals surface area contributed by atoms with Crippen LogP contribution in [0.1, 0.15) is 24.8 Å². The van der Waals surface area contributed by atoms with Gasteiger partial charge in [-0.2, -0.15) is 0 Å². The van der Waals surface area contributed by atoms with Gasteiger partial charge >= 0.3 is 0 Å². The van der Waals surface area contributed by atoms with Gasteiger partial charge in [0.15, 0.2) is 0 Å². The minimum atomic E-state index is -3.76. The SMILES string of the molecule is COc1ncc(C)cc1S(=O)(=O)C1N(C2CCOCC2)CC12CC(N)CO2. The van der Waals surface area contributed by atoms with E-state index < -0.39 is 20.8 Å². The molecule has 0 aromatic carbocycles. The summed E-state index contributed by atoms with van der Waals surface area (Å²) in [5.74, 6) is 0.122. The molecule has 27 heavy (non-hydrogen) atoms. The first-order valence-corrected chi connectivity index (χ1v) is 10.9. The summed E-state index contributed by atoms with van der Waals surface area (Å²) in [5.41, 5.74) is 6.08. The molecule has 2 N–H and O–H groups in total. The first-order valence-electron chi connectivity index (χ1n) is 9.35. The van der Waals surface area contributed by atoms with E-state index in [1.54, 1.807) is 12.3 Å². The lowest BCUT2D eigenvalue weighted by Crippen LogP contribution is -2.74. The van der Waals surface area contributed by atoms with E-state index in [0.717, 1.165) is 18.4 Å². The van der Waals surface area contributed by atoms with Crippen molar-refractivity contribution in [3.05, 3.63) is 17.8 Å². The Morgan fingerprint density at radius 2 is 2.11 bits per heavy atom. The Morgan fingerprint density at radius 1 is 1.37 bits per heavy atom. The fourth-order valence-corrected chi connectivity index (χ4v) is 6.96. The molecule has 4 heterocycles. The van der Waals surface area contributed by atoms with E-state index in [1.165, 1.54) is 7.11 Å². The van der Waals surface area contributed by atoms with Gasteiger partial charge in [0.25, 0.3) is 0 Å². The van der Waals surface area contributed by atoms with Crippen LogP contribution < -0.4 is 10.5 Å². The van der Waals surface area contributed by atoms with Crippen LogP contribution in [0.15, 0.2) is 17.2 Å². The van der Waals surface area contributed by atoms with Crippen molar-refractivity contribution in [3.63, 3.8) is 0 Å². The van der Waals surface area contributed by atoms with Crippen molar-refractivity contribution < 1.29 is 22.6 Å². The molecule has 3 atom stereocenters. The van der Waals surface area contributed by atoms with E-state index in [1.807, 2.05) is 6.92 Å². The molecule has 150 valence electrons. The van der Waals surface area contributed by atoms with Gasteiger partial charge in [0, 0.05) is 38.0 Å². The van der Waals surface area contributed by atoms with Gasteiger partial charge in [-0.05, 0) is 37.8 Å². The van der Waals surface area contributed by atoms with E-state index in [0.29, 0.717) is 32.8 Å². The number of sulfone groups is 1. The average Bonchev–Trinajstić information content (AvgIpc) is 3.04. The Kier molecular flexibility index (Phi) is 4.92. The first-order chi connectivity index (χ1) is 12.9. The van der Waals surface area contributed by atoms with Crippen molar-refractivity contribution >= 4 is 9.84 Å². The van der Waals surface area contributed by atoms with Gasteiger partial charge in [-0.25, -0.2) is 13.4 Å². The highest BCUT2D eigenvalue weighted by atomic mass is 32.2.